The predicted octanol–water partition coefficient (Wildman–Crippen LogP) is 4.13. The molecule has 0 saturated carbocycles. The average Bonchev–Trinajstić information content (AvgIpc) is 2.66. The molecule has 0 fully saturated rings. The van der Waals surface area contributed by atoms with Crippen molar-refractivity contribution >= 4 is 50.8 Å². The molecule has 0 saturated heterocycles. The van der Waals surface area contributed by atoms with Crippen LogP contribution < -0.4 is 5.32 Å². The number of esters is 1. The number of hydrogen-bond donors (Lipinski definition) is 1. The number of halogens is 2. The van der Waals surface area contributed by atoms with Crippen LogP contribution in [-0.2, 0) is 19.6 Å². The summed E-state index contributed by atoms with van der Waals surface area (Å²) in [5.41, 5.74) is 0.899. The molecule has 0 aromatic heterocycles. The van der Waals surface area contributed by atoms with Gasteiger partial charge in [0.05, 0.1) is 10.5 Å². The Kier molecular flexibility index (Phi) is 8.25. The van der Waals surface area contributed by atoms with Crippen LogP contribution in [0.2, 0.25) is 10.0 Å². The van der Waals surface area contributed by atoms with Crippen molar-refractivity contribution in [2.24, 2.45) is 0 Å². The van der Waals surface area contributed by atoms with Crippen molar-refractivity contribution in [1.82, 2.24) is 4.31 Å². The summed E-state index contributed by atoms with van der Waals surface area (Å²) < 4.78 is 31.9. The van der Waals surface area contributed by atoms with E-state index >= 15 is 0 Å². The highest BCUT2D eigenvalue weighted by atomic mass is 35.5. The summed E-state index contributed by atoms with van der Waals surface area (Å²) in [6.45, 7) is 5.17. The van der Waals surface area contributed by atoms with Gasteiger partial charge in [-0.25, -0.2) is 13.2 Å². The van der Waals surface area contributed by atoms with Crippen LogP contribution in [0.4, 0.5) is 5.69 Å². The van der Waals surface area contributed by atoms with E-state index in [4.69, 9.17) is 27.9 Å². The van der Waals surface area contributed by atoms with Crippen molar-refractivity contribution in [3.05, 3.63) is 57.6 Å². The number of carbonyl (C=O) groups is 2. The molecule has 1 amide bonds. The number of sulfonamides is 1. The van der Waals surface area contributed by atoms with Crippen LogP contribution in [0.1, 0.15) is 29.8 Å². The highest BCUT2D eigenvalue weighted by Crippen LogP contribution is 2.23. The lowest BCUT2D eigenvalue weighted by Gasteiger charge is -2.20. The van der Waals surface area contributed by atoms with Crippen molar-refractivity contribution in [3.8, 4) is 0 Å². The Bertz CT molecular complexity index is 1030. The Hall–Kier alpha value is -2.13. The number of amides is 1. The van der Waals surface area contributed by atoms with E-state index in [9.17, 15) is 18.0 Å². The van der Waals surface area contributed by atoms with Crippen LogP contribution in [0.15, 0.2) is 41.3 Å². The van der Waals surface area contributed by atoms with Crippen LogP contribution in [0.5, 0.6) is 0 Å². The number of nitrogens with one attached hydrogen (secondary N) is 1. The number of anilines is 1. The zero-order chi connectivity index (χ0) is 22.5. The first-order chi connectivity index (χ1) is 14.1. The highest BCUT2D eigenvalue weighted by molar-refractivity contribution is 7.89. The Morgan fingerprint density at radius 3 is 2.20 bits per heavy atom. The summed E-state index contributed by atoms with van der Waals surface area (Å²) in [6, 6.07) is 8.75. The van der Waals surface area contributed by atoms with Gasteiger partial charge >= 0.3 is 5.97 Å². The molecule has 10 heteroatoms. The minimum atomic E-state index is -3.75. The molecule has 0 aliphatic rings. The topological polar surface area (TPSA) is 92.8 Å². The first kappa shape index (κ1) is 24.1. The van der Waals surface area contributed by atoms with Crippen molar-refractivity contribution in [3.63, 3.8) is 0 Å². The molecule has 2 aromatic rings. The Morgan fingerprint density at radius 2 is 1.63 bits per heavy atom. The van der Waals surface area contributed by atoms with Crippen LogP contribution in [0, 0.1) is 6.92 Å². The van der Waals surface area contributed by atoms with E-state index < -0.39 is 28.5 Å². The summed E-state index contributed by atoms with van der Waals surface area (Å²) in [5, 5.41) is 3.21. The fourth-order valence-electron chi connectivity index (χ4n) is 2.75. The summed E-state index contributed by atoms with van der Waals surface area (Å²) in [7, 11) is -3.75. The molecule has 0 radical (unpaired) electrons. The van der Waals surface area contributed by atoms with E-state index in [-0.39, 0.29) is 10.5 Å². The van der Waals surface area contributed by atoms with E-state index in [2.05, 4.69) is 5.32 Å². The van der Waals surface area contributed by atoms with Gasteiger partial charge in [0.2, 0.25) is 10.0 Å². The number of benzene rings is 2. The quantitative estimate of drug-likeness (QED) is 0.582. The Labute approximate surface area is 186 Å². The summed E-state index contributed by atoms with van der Waals surface area (Å²) in [6.07, 6.45) is 0. The molecule has 0 bridgehead atoms. The highest BCUT2D eigenvalue weighted by Gasteiger charge is 2.25. The van der Waals surface area contributed by atoms with Crippen molar-refractivity contribution < 1.29 is 22.7 Å². The smallest absolute Gasteiger partial charge is 0.338 e. The van der Waals surface area contributed by atoms with Gasteiger partial charge in [-0.2, -0.15) is 4.31 Å². The fourth-order valence-corrected chi connectivity index (χ4v) is 4.98. The number of ether oxygens (including phenoxy) is 1. The molecule has 0 heterocycles. The Balaban J connectivity index is 2.11. The number of hydrogen-bond acceptors (Lipinski definition) is 5. The van der Waals surface area contributed by atoms with Gasteiger partial charge in [0.1, 0.15) is 0 Å². The SMILES string of the molecule is CCN(CC)S(=O)(=O)c1cc(C(=O)OCC(=O)Nc2cc(Cl)cc(Cl)c2)ccc1C. The van der Waals surface area contributed by atoms with Crippen LogP contribution in [0.25, 0.3) is 0 Å². The monoisotopic (exact) mass is 472 g/mol. The molecule has 30 heavy (non-hydrogen) atoms. The zero-order valence-electron chi connectivity index (χ0n) is 16.7. The number of aryl methyl sites for hydroxylation is 1. The molecule has 0 atom stereocenters. The largest absolute Gasteiger partial charge is 0.452 e. The molecule has 2 rings (SSSR count). The fraction of sp³-hybridized carbons (Fsp3) is 0.300. The maximum Gasteiger partial charge on any atom is 0.338 e. The molecule has 0 unspecified atom stereocenters. The lowest BCUT2D eigenvalue weighted by Crippen LogP contribution is -2.31. The van der Waals surface area contributed by atoms with E-state index in [0.29, 0.717) is 34.4 Å². The number of carbonyl (C=O) groups excluding carboxylic acids is 2. The number of nitrogens with zero attached hydrogens (tertiary/aromatic N) is 1. The van der Waals surface area contributed by atoms with Crippen molar-refractivity contribution in [2.45, 2.75) is 25.7 Å². The average molecular weight is 473 g/mol. The molecular formula is C20H22Cl2N2O5S. The normalized spacial score (nSPS) is 11.4. The maximum absolute atomic E-state index is 12.8. The third-order valence-electron chi connectivity index (χ3n) is 4.23. The first-order valence-electron chi connectivity index (χ1n) is 9.12. The Morgan fingerprint density at radius 1 is 1.03 bits per heavy atom. The second kappa shape index (κ2) is 10.3. The predicted molar refractivity (Wildman–Crippen MR) is 117 cm³/mol. The number of rotatable bonds is 8. The standard InChI is InChI=1S/C20H22Cl2N2O5S/c1-4-24(5-2)30(27,28)18-8-14(7-6-13(18)3)20(26)29-12-19(25)23-17-10-15(21)9-16(22)11-17/h6-11H,4-5,12H2,1-3H3,(H,23,25). The molecule has 2 aromatic carbocycles. The third kappa shape index (κ3) is 5.95. The van der Waals surface area contributed by atoms with Crippen molar-refractivity contribution in [1.29, 1.82) is 0 Å². The van der Waals surface area contributed by atoms with Crippen LogP contribution in [-0.4, -0.2) is 44.3 Å². The van der Waals surface area contributed by atoms with Gasteiger partial charge in [-0.3, -0.25) is 4.79 Å². The van der Waals surface area contributed by atoms with Gasteiger partial charge < -0.3 is 10.1 Å². The van der Waals surface area contributed by atoms with E-state index in [1.54, 1.807) is 20.8 Å². The lowest BCUT2D eigenvalue weighted by atomic mass is 10.1. The van der Waals surface area contributed by atoms with E-state index in [1.165, 1.54) is 40.7 Å². The summed E-state index contributed by atoms with van der Waals surface area (Å²) in [4.78, 5) is 24.4. The second-order valence-corrected chi connectivity index (χ2v) is 9.13. The summed E-state index contributed by atoms with van der Waals surface area (Å²) in [5.74, 6) is -1.41. The minimum Gasteiger partial charge on any atom is -0.452 e. The van der Waals surface area contributed by atoms with Gasteiger partial charge in [-0.15, -0.1) is 0 Å². The lowest BCUT2D eigenvalue weighted by molar-refractivity contribution is -0.119. The van der Waals surface area contributed by atoms with E-state index in [1.807, 2.05) is 0 Å². The first-order valence-corrected chi connectivity index (χ1v) is 11.3. The van der Waals surface area contributed by atoms with Gasteiger partial charge in [-0.05, 0) is 42.8 Å². The molecule has 7 nitrogen and oxygen atoms in total. The van der Waals surface area contributed by atoms with Crippen LogP contribution in [0.3, 0.4) is 0 Å². The molecule has 1 N–H and O–H groups in total. The zero-order valence-corrected chi connectivity index (χ0v) is 19.1. The van der Waals surface area contributed by atoms with Crippen LogP contribution >= 0.6 is 23.2 Å². The molecular weight excluding hydrogens is 451 g/mol. The third-order valence-corrected chi connectivity index (χ3v) is 6.86. The van der Waals surface area contributed by atoms with Crippen molar-refractivity contribution in [2.75, 3.05) is 25.0 Å². The van der Waals surface area contributed by atoms with Gasteiger partial charge in [0.25, 0.3) is 5.91 Å². The molecule has 0 aliphatic heterocycles. The molecule has 162 valence electrons. The molecule has 0 spiro atoms. The van der Waals surface area contributed by atoms with Gasteiger partial charge in [-0.1, -0.05) is 43.1 Å². The van der Waals surface area contributed by atoms with E-state index in [0.717, 1.165) is 0 Å². The summed E-state index contributed by atoms with van der Waals surface area (Å²) >= 11 is 11.7. The van der Waals surface area contributed by atoms with Gasteiger partial charge in [0.15, 0.2) is 6.61 Å². The van der Waals surface area contributed by atoms with Gasteiger partial charge in [0, 0.05) is 28.8 Å². The molecule has 0 aliphatic carbocycles. The maximum atomic E-state index is 12.8. The second-order valence-electron chi connectivity index (χ2n) is 6.35. The minimum absolute atomic E-state index is 0.0265.